The van der Waals surface area contributed by atoms with Gasteiger partial charge in [0, 0.05) is 5.39 Å². The molecule has 0 aliphatic heterocycles. The van der Waals surface area contributed by atoms with Crippen LogP contribution in [0.5, 0.6) is 5.75 Å². The molecule has 0 aliphatic rings. The number of rotatable bonds is 4. The summed E-state index contributed by atoms with van der Waals surface area (Å²) < 4.78 is 5.82. The lowest BCUT2D eigenvalue weighted by Gasteiger charge is -2.11. The van der Waals surface area contributed by atoms with Crippen LogP contribution in [0.25, 0.3) is 10.8 Å². The zero-order chi connectivity index (χ0) is 16.2. The van der Waals surface area contributed by atoms with Crippen LogP contribution < -0.4 is 4.74 Å². The van der Waals surface area contributed by atoms with Crippen molar-refractivity contribution in [2.45, 2.75) is 6.61 Å². The molecule has 23 heavy (non-hydrogen) atoms. The third-order valence-electron chi connectivity index (χ3n) is 3.53. The molecule has 0 aromatic heterocycles. The summed E-state index contributed by atoms with van der Waals surface area (Å²) in [6.45, 7) is 0.346. The van der Waals surface area contributed by atoms with Gasteiger partial charge in [0.2, 0.25) is 0 Å². The van der Waals surface area contributed by atoms with Gasteiger partial charge in [0.05, 0.1) is 17.2 Å². The van der Waals surface area contributed by atoms with E-state index in [1.165, 1.54) is 6.07 Å². The first-order valence-corrected chi connectivity index (χ1v) is 7.05. The Labute approximate surface area is 133 Å². The van der Waals surface area contributed by atoms with Gasteiger partial charge < -0.3 is 9.84 Å². The lowest BCUT2D eigenvalue weighted by molar-refractivity contribution is 0.0696. The minimum absolute atomic E-state index is 0.135. The van der Waals surface area contributed by atoms with E-state index in [-0.39, 0.29) is 5.56 Å². The van der Waals surface area contributed by atoms with Crippen molar-refractivity contribution >= 4 is 16.7 Å². The quantitative estimate of drug-likeness (QED) is 0.791. The summed E-state index contributed by atoms with van der Waals surface area (Å²) in [5.74, 6) is -0.535. The van der Waals surface area contributed by atoms with Crippen molar-refractivity contribution < 1.29 is 14.6 Å². The van der Waals surface area contributed by atoms with Gasteiger partial charge in [-0.05, 0) is 41.3 Å². The molecule has 0 radical (unpaired) electrons. The Morgan fingerprint density at radius 1 is 1.09 bits per heavy atom. The molecule has 0 amide bonds. The molecule has 0 saturated carbocycles. The van der Waals surface area contributed by atoms with Crippen LogP contribution in [0.1, 0.15) is 21.5 Å². The number of hydrogen-bond acceptors (Lipinski definition) is 3. The van der Waals surface area contributed by atoms with E-state index < -0.39 is 5.97 Å². The van der Waals surface area contributed by atoms with Gasteiger partial charge in [-0.15, -0.1) is 0 Å². The molecular formula is C19H13NO3. The van der Waals surface area contributed by atoms with Gasteiger partial charge in [-0.25, -0.2) is 4.79 Å². The maximum absolute atomic E-state index is 11.3. The number of benzene rings is 3. The topological polar surface area (TPSA) is 70.3 Å². The van der Waals surface area contributed by atoms with Crippen LogP contribution in [0.3, 0.4) is 0 Å². The first kappa shape index (κ1) is 14.6. The number of ether oxygens (including phenoxy) is 1. The fourth-order valence-electron chi connectivity index (χ4n) is 2.38. The van der Waals surface area contributed by atoms with Gasteiger partial charge in [0.1, 0.15) is 12.4 Å². The molecule has 0 heterocycles. The lowest BCUT2D eigenvalue weighted by Crippen LogP contribution is -2.00. The average Bonchev–Trinajstić information content (AvgIpc) is 2.59. The standard InChI is InChI=1S/C19H13NO3/c20-11-14-6-7-17-15(8-14)9-16(19(21)22)10-18(17)23-12-13-4-2-1-3-5-13/h1-10H,12H2,(H,21,22). The lowest BCUT2D eigenvalue weighted by atomic mass is 10.0. The van der Waals surface area contributed by atoms with Crippen molar-refractivity contribution in [1.29, 1.82) is 5.26 Å². The fourth-order valence-corrected chi connectivity index (χ4v) is 2.38. The Kier molecular flexibility index (Phi) is 3.94. The smallest absolute Gasteiger partial charge is 0.335 e. The zero-order valence-electron chi connectivity index (χ0n) is 12.2. The summed E-state index contributed by atoms with van der Waals surface area (Å²) in [5, 5.41) is 19.7. The Morgan fingerprint density at radius 3 is 2.57 bits per heavy atom. The Balaban J connectivity index is 2.03. The molecule has 3 rings (SSSR count). The van der Waals surface area contributed by atoms with E-state index in [0.717, 1.165) is 10.9 Å². The summed E-state index contributed by atoms with van der Waals surface area (Å²) >= 11 is 0. The van der Waals surface area contributed by atoms with E-state index in [9.17, 15) is 9.90 Å². The summed E-state index contributed by atoms with van der Waals surface area (Å²) in [4.78, 5) is 11.3. The van der Waals surface area contributed by atoms with E-state index in [1.54, 1.807) is 24.3 Å². The molecule has 0 saturated heterocycles. The van der Waals surface area contributed by atoms with E-state index in [2.05, 4.69) is 6.07 Å². The maximum Gasteiger partial charge on any atom is 0.335 e. The second-order valence-corrected chi connectivity index (χ2v) is 5.10. The third kappa shape index (κ3) is 3.14. The number of fused-ring (bicyclic) bond motifs is 1. The van der Waals surface area contributed by atoms with Gasteiger partial charge in [0.15, 0.2) is 0 Å². The molecule has 0 fully saturated rings. The number of hydrogen-bond donors (Lipinski definition) is 1. The number of nitrogens with zero attached hydrogens (tertiary/aromatic N) is 1. The summed E-state index contributed by atoms with van der Waals surface area (Å²) in [7, 11) is 0. The molecule has 0 atom stereocenters. The van der Waals surface area contributed by atoms with Gasteiger partial charge in [-0.2, -0.15) is 5.26 Å². The van der Waals surface area contributed by atoms with Crippen molar-refractivity contribution in [3.05, 3.63) is 77.4 Å². The number of nitriles is 1. The minimum Gasteiger partial charge on any atom is -0.488 e. The summed E-state index contributed by atoms with van der Waals surface area (Å²) in [5.41, 5.74) is 1.61. The molecule has 1 N–H and O–H groups in total. The highest BCUT2D eigenvalue weighted by molar-refractivity contribution is 5.98. The van der Waals surface area contributed by atoms with Crippen LogP contribution in [0.2, 0.25) is 0 Å². The Bertz CT molecular complexity index is 911. The molecule has 0 aliphatic carbocycles. The molecule has 0 spiro atoms. The number of carboxylic acids is 1. The number of carbonyl (C=O) groups is 1. The van der Waals surface area contributed by atoms with Gasteiger partial charge in [-0.1, -0.05) is 30.3 Å². The average molecular weight is 303 g/mol. The van der Waals surface area contributed by atoms with Crippen molar-refractivity contribution in [2.75, 3.05) is 0 Å². The highest BCUT2D eigenvalue weighted by atomic mass is 16.5. The van der Waals surface area contributed by atoms with Gasteiger partial charge >= 0.3 is 5.97 Å². The van der Waals surface area contributed by atoms with Crippen molar-refractivity contribution in [1.82, 2.24) is 0 Å². The van der Waals surface area contributed by atoms with Crippen molar-refractivity contribution in [3.8, 4) is 11.8 Å². The maximum atomic E-state index is 11.3. The molecule has 0 bridgehead atoms. The molecule has 112 valence electrons. The van der Waals surface area contributed by atoms with Crippen LogP contribution in [0.15, 0.2) is 60.7 Å². The second kappa shape index (κ2) is 6.20. The molecule has 3 aromatic rings. The monoisotopic (exact) mass is 303 g/mol. The van der Waals surface area contributed by atoms with Crippen LogP contribution in [0.4, 0.5) is 0 Å². The summed E-state index contributed by atoms with van der Waals surface area (Å²) in [6, 6.07) is 19.9. The normalized spacial score (nSPS) is 10.2. The molecule has 4 heteroatoms. The first-order valence-electron chi connectivity index (χ1n) is 7.05. The van der Waals surface area contributed by atoms with Crippen molar-refractivity contribution in [3.63, 3.8) is 0 Å². The highest BCUT2D eigenvalue weighted by Crippen LogP contribution is 2.29. The Morgan fingerprint density at radius 2 is 1.87 bits per heavy atom. The van der Waals surface area contributed by atoms with Crippen LogP contribution in [-0.4, -0.2) is 11.1 Å². The van der Waals surface area contributed by atoms with E-state index >= 15 is 0 Å². The largest absolute Gasteiger partial charge is 0.488 e. The Hall–Kier alpha value is -3.32. The molecular weight excluding hydrogens is 290 g/mol. The summed E-state index contributed by atoms with van der Waals surface area (Å²) in [6.07, 6.45) is 0. The van der Waals surface area contributed by atoms with Crippen LogP contribution in [0, 0.1) is 11.3 Å². The SMILES string of the molecule is N#Cc1ccc2c(OCc3ccccc3)cc(C(=O)O)cc2c1. The molecule has 3 aromatic carbocycles. The third-order valence-corrected chi connectivity index (χ3v) is 3.53. The fraction of sp³-hybridized carbons (Fsp3) is 0.0526. The first-order chi connectivity index (χ1) is 11.2. The van der Waals surface area contributed by atoms with Gasteiger partial charge in [0.25, 0.3) is 0 Å². The highest BCUT2D eigenvalue weighted by Gasteiger charge is 2.11. The van der Waals surface area contributed by atoms with E-state index in [0.29, 0.717) is 23.3 Å². The molecule has 4 nitrogen and oxygen atoms in total. The van der Waals surface area contributed by atoms with Crippen molar-refractivity contribution in [2.24, 2.45) is 0 Å². The van der Waals surface area contributed by atoms with Gasteiger partial charge in [-0.3, -0.25) is 0 Å². The van der Waals surface area contributed by atoms with Crippen LogP contribution in [-0.2, 0) is 6.61 Å². The predicted octanol–water partition coefficient (Wildman–Crippen LogP) is 3.99. The minimum atomic E-state index is -1.03. The van der Waals surface area contributed by atoms with Crippen LogP contribution >= 0.6 is 0 Å². The molecule has 0 unspecified atom stereocenters. The second-order valence-electron chi connectivity index (χ2n) is 5.10. The van der Waals surface area contributed by atoms with E-state index in [1.807, 2.05) is 30.3 Å². The number of carboxylic acid groups (broad SMARTS) is 1. The zero-order valence-corrected chi connectivity index (χ0v) is 12.2. The van der Waals surface area contributed by atoms with E-state index in [4.69, 9.17) is 10.00 Å². The number of aromatic carboxylic acids is 1. The predicted molar refractivity (Wildman–Crippen MR) is 86.4 cm³/mol.